The molecule has 1 rings (SSSR count). The van der Waals surface area contributed by atoms with E-state index in [0.717, 1.165) is 13.1 Å². The topological polar surface area (TPSA) is 41.3 Å². The van der Waals surface area contributed by atoms with Crippen molar-refractivity contribution in [1.29, 1.82) is 0 Å². The Morgan fingerprint density at radius 3 is 2.16 bits per heavy atom. The summed E-state index contributed by atoms with van der Waals surface area (Å²) in [6.45, 7) is 9.14. The number of nitrogens with zero attached hydrogens (tertiary/aromatic N) is 1. The number of nitrogens with two attached hydrogens (primary N) is 1. The van der Waals surface area contributed by atoms with E-state index in [1.54, 1.807) is 0 Å². The molecule has 1 saturated heterocycles. The molecular formula is C16H35N3. The van der Waals surface area contributed by atoms with Crippen LogP contribution in [0.25, 0.3) is 0 Å². The Balaban J connectivity index is 2.50. The fourth-order valence-electron chi connectivity index (χ4n) is 3.29. The van der Waals surface area contributed by atoms with Crippen LogP contribution in [-0.2, 0) is 0 Å². The minimum absolute atomic E-state index is 0.0674. The molecule has 2 atom stereocenters. The van der Waals surface area contributed by atoms with Gasteiger partial charge in [-0.1, -0.05) is 58.8 Å². The third kappa shape index (κ3) is 5.41. The molecule has 0 aromatic heterocycles. The van der Waals surface area contributed by atoms with Crippen molar-refractivity contribution in [3.8, 4) is 0 Å². The Morgan fingerprint density at radius 2 is 1.63 bits per heavy atom. The number of hydrogen-bond donors (Lipinski definition) is 2. The van der Waals surface area contributed by atoms with Crippen LogP contribution in [0, 0.1) is 0 Å². The maximum Gasteiger partial charge on any atom is 0.112 e. The number of nitrogens with one attached hydrogen (secondary N) is 1. The molecule has 0 saturated carbocycles. The van der Waals surface area contributed by atoms with Crippen LogP contribution >= 0.6 is 0 Å². The monoisotopic (exact) mass is 269 g/mol. The van der Waals surface area contributed by atoms with Crippen LogP contribution in [-0.4, -0.2) is 29.8 Å². The molecule has 114 valence electrons. The van der Waals surface area contributed by atoms with E-state index in [1.807, 2.05) is 0 Å². The molecule has 0 spiro atoms. The van der Waals surface area contributed by atoms with Gasteiger partial charge in [-0.15, -0.1) is 0 Å². The van der Waals surface area contributed by atoms with Crippen LogP contribution in [0.4, 0.5) is 0 Å². The van der Waals surface area contributed by atoms with Gasteiger partial charge in [0.2, 0.25) is 0 Å². The molecule has 19 heavy (non-hydrogen) atoms. The van der Waals surface area contributed by atoms with Crippen LogP contribution in [0.3, 0.4) is 0 Å². The molecule has 3 N–H and O–H groups in total. The molecule has 1 aliphatic rings. The van der Waals surface area contributed by atoms with Gasteiger partial charge in [0, 0.05) is 18.6 Å². The fraction of sp³-hybridized carbons (Fsp3) is 1.00. The molecular weight excluding hydrogens is 234 g/mol. The lowest BCUT2D eigenvalue weighted by Crippen LogP contribution is -2.55. The smallest absolute Gasteiger partial charge is 0.112 e. The van der Waals surface area contributed by atoms with Crippen molar-refractivity contribution in [2.24, 2.45) is 5.73 Å². The van der Waals surface area contributed by atoms with Gasteiger partial charge in [-0.25, -0.2) is 0 Å². The van der Waals surface area contributed by atoms with E-state index in [4.69, 9.17) is 5.73 Å². The summed E-state index contributed by atoms with van der Waals surface area (Å²) in [6, 6.07) is 0. The third-order valence-electron chi connectivity index (χ3n) is 4.62. The zero-order valence-corrected chi connectivity index (χ0v) is 13.4. The quantitative estimate of drug-likeness (QED) is 0.597. The first-order valence-corrected chi connectivity index (χ1v) is 8.39. The number of hydrogen-bond acceptors (Lipinski definition) is 3. The Labute approximate surface area is 120 Å². The molecule has 0 bridgehead atoms. The van der Waals surface area contributed by atoms with E-state index in [-0.39, 0.29) is 6.29 Å². The predicted molar refractivity (Wildman–Crippen MR) is 84.0 cm³/mol. The molecule has 0 radical (unpaired) electrons. The van der Waals surface area contributed by atoms with E-state index < -0.39 is 0 Å². The highest BCUT2D eigenvalue weighted by Gasteiger charge is 2.36. The highest BCUT2D eigenvalue weighted by atomic mass is 15.4. The molecule has 0 amide bonds. The first kappa shape index (κ1) is 16.9. The van der Waals surface area contributed by atoms with Crippen LogP contribution in [0.5, 0.6) is 0 Å². The standard InChI is InChI=1S/C16H35N3/c1-4-6-8-10-12-16(3,11-9-7-5-2)19-14-13-18-15(19)17/h15,18H,4-14,17H2,1-3H3. The van der Waals surface area contributed by atoms with Gasteiger partial charge in [0.15, 0.2) is 0 Å². The third-order valence-corrected chi connectivity index (χ3v) is 4.62. The van der Waals surface area contributed by atoms with Crippen molar-refractivity contribution in [2.75, 3.05) is 13.1 Å². The summed E-state index contributed by atoms with van der Waals surface area (Å²) in [6.07, 6.45) is 12.1. The maximum absolute atomic E-state index is 6.21. The van der Waals surface area contributed by atoms with Crippen LogP contribution in [0.2, 0.25) is 0 Å². The highest BCUT2D eigenvalue weighted by Crippen LogP contribution is 2.30. The molecule has 0 aliphatic carbocycles. The van der Waals surface area contributed by atoms with Crippen LogP contribution < -0.4 is 11.1 Å². The summed E-state index contributed by atoms with van der Waals surface area (Å²) in [7, 11) is 0. The summed E-state index contributed by atoms with van der Waals surface area (Å²) < 4.78 is 0. The summed E-state index contributed by atoms with van der Waals surface area (Å²) in [5, 5.41) is 3.37. The number of rotatable bonds is 10. The summed E-state index contributed by atoms with van der Waals surface area (Å²) in [5.41, 5.74) is 6.51. The fourth-order valence-corrected chi connectivity index (χ4v) is 3.29. The molecule has 0 aromatic carbocycles. The number of unbranched alkanes of at least 4 members (excludes halogenated alkanes) is 5. The largest absolute Gasteiger partial charge is 0.303 e. The molecule has 3 nitrogen and oxygen atoms in total. The van der Waals surface area contributed by atoms with Crippen molar-refractivity contribution in [3.63, 3.8) is 0 Å². The second-order valence-corrected chi connectivity index (χ2v) is 6.36. The van der Waals surface area contributed by atoms with E-state index in [1.165, 1.54) is 57.8 Å². The van der Waals surface area contributed by atoms with Gasteiger partial charge >= 0.3 is 0 Å². The van der Waals surface area contributed by atoms with Crippen molar-refractivity contribution in [2.45, 2.75) is 90.4 Å². The van der Waals surface area contributed by atoms with Crippen molar-refractivity contribution in [3.05, 3.63) is 0 Å². The van der Waals surface area contributed by atoms with Crippen molar-refractivity contribution in [1.82, 2.24) is 10.2 Å². The lowest BCUT2D eigenvalue weighted by atomic mass is 9.86. The Bertz CT molecular complexity index is 232. The Kier molecular flexibility index (Phi) is 7.96. The minimum Gasteiger partial charge on any atom is -0.303 e. The predicted octanol–water partition coefficient (Wildman–Crippen LogP) is 3.44. The lowest BCUT2D eigenvalue weighted by molar-refractivity contribution is 0.0650. The van der Waals surface area contributed by atoms with Gasteiger partial charge in [-0.3, -0.25) is 10.2 Å². The summed E-state index contributed by atoms with van der Waals surface area (Å²) >= 11 is 0. The van der Waals surface area contributed by atoms with Crippen LogP contribution in [0.1, 0.15) is 78.6 Å². The second kappa shape index (κ2) is 8.93. The maximum atomic E-state index is 6.21. The van der Waals surface area contributed by atoms with Crippen molar-refractivity contribution >= 4 is 0 Å². The van der Waals surface area contributed by atoms with Crippen LogP contribution in [0.15, 0.2) is 0 Å². The molecule has 3 heteroatoms. The zero-order chi connectivity index (χ0) is 14.1. The van der Waals surface area contributed by atoms with E-state index >= 15 is 0 Å². The van der Waals surface area contributed by atoms with Gasteiger partial charge in [0.25, 0.3) is 0 Å². The molecule has 1 fully saturated rings. The Hall–Kier alpha value is -0.120. The summed E-state index contributed by atoms with van der Waals surface area (Å²) in [4.78, 5) is 2.51. The van der Waals surface area contributed by atoms with E-state index in [9.17, 15) is 0 Å². The normalized spacial score (nSPS) is 23.7. The van der Waals surface area contributed by atoms with Gasteiger partial charge in [-0.05, 0) is 19.8 Å². The summed E-state index contributed by atoms with van der Waals surface area (Å²) in [5.74, 6) is 0. The van der Waals surface area contributed by atoms with Gasteiger partial charge in [0.05, 0.1) is 0 Å². The molecule has 1 heterocycles. The highest BCUT2D eigenvalue weighted by molar-refractivity contribution is 4.91. The zero-order valence-electron chi connectivity index (χ0n) is 13.4. The first-order valence-electron chi connectivity index (χ1n) is 8.39. The molecule has 1 aliphatic heterocycles. The van der Waals surface area contributed by atoms with E-state index in [2.05, 4.69) is 31.0 Å². The van der Waals surface area contributed by atoms with Crippen molar-refractivity contribution < 1.29 is 0 Å². The minimum atomic E-state index is 0.0674. The van der Waals surface area contributed by atoms with E-state index in [0.29, 0.717) is 5.54 Å². The Morgan fingerprint density at radius 1 is 1.05 bits per heavy atom. The first-order chi connectivity index (χ1) is 9.14. The molecule has 0 aromatic rings. The second-order valence-electron chi connectivity index (χ2n) is 6.36. The average molecular weight is 269 g/mol. The van der Waals surface area contributed by atoms with Gasteiger partial charge < -0.3 is 5.73 Å². The lowest BCUT2D eigenvalue weighted by Gasteiger charge is -2.41. The van der Waals surface area contributed by atoms with Gasteiger partial charge in [0.1, 0.15) is 6.29 Å². The average Bonchev–Trinajstić information content (AvgIpc) is 2.82. The molecule has 2 unspecified atom stereocenters. The SMILES string of the molecule is CCCCCCC(C)(CCCCC)N1CCNC1N. The van der Waals surface area contributed by atoms with Gasteiger partial charge in [-0.2, -0.15) is 0 Å².